The molecule has 0 spiro atoms. The van der Waals surface area contributed by atoms with E-state index in [1.165, 1.54) is 5.56 Å². The molecule has 1 fully saturated rings. The molecule has 0 bridgehead atoms. The molecule has 0 saturated carbocycles. The highest BCUT2D eigenvalue weighted by atomic mass is 16.7. The molecule has 0 aromatic heterocycles. The van der Waals surface area contributed by atoms with Crippen LogP contribution in [0.15, 0.2) is 30.3 Å². The van der Waals surface area contributed by atoms with Gasteiger partial charge in [0.1, 0.15) is 0 Å². The van der Waals surface area contributed by atoms with Crippen LogP contribution >= 0.6 is 0 Å². The molecule has 2 nitrogen and oxygen atoms in total. The van der Waals surface area contributed by atoms with Crippen molar-refractivity contribution in [2.75, 3.05) is 0 Å². The lowest BCUT2D eigenvalue weighted by atomic mass is 9.78. The average molecular weight is 244 g/mol. The van der Waals surface area contributed by atoms with Crippen LogP contribution < -0.4 is 5.46 Å². The van der Waals surface area contributed by atoms with Gasteiger partial charge in [-0.05, 0) is 45.6 Å². The molecule has 3 heteroatoms. The largest absolute Gasteiger partial charge is 0.494 e. The topological polar surface area (TPSA) is 18.5 Å². The maximum Gasteiger partial charge on any atom is 0.494 e. The van der Waals surface area contributed by atoms with Crippen LogP contribution in [0.4, 0.5) is 0 Å². The third-order valence-electron chi connectivity index (χ3n) is 3.80. The quantitative estimate of drug-likeness (QED) is 0.744. The highest BCUT2D eigenvalue weighted by Crippen LogP contribution is 2.36. The first-order valence-electron chi connectivity index (χ1n) is 6.44. The van der Waals surface area contributed by atoms with Gasteiger partial charge < -0.3 is 9.31 Å². The Labute approximate surface area is 110 Å². The Morgan fingerprint density at radius 1 is 1.06 bits per heavy atom. The van der Waals surface area contributed by atoms with Gasteiger partial charge in [0.2, 0.25) is 0 Å². The van der Waals surface area contributed by atoms with E-state index in [2.05, 4.69) is 52.0 Å². The highest BCUT2D eigenvalue weighted by molar-refractivity contribution is 6.62. The van der Waals surface area contributed by atoms with E-state index in [0.717, 1.165) is 5.46 Å². The summed E-state index contributed by atoms with van der Waals surface area (Å²) in [5, 5.41) is 0. The summed E-state index contributed by atoms with van der Waals surface area (Å²) in [6.07, 6.45) is 4.11. The van der Waals surface area contributed by atoms with E-state index in [1.54, 1.807) is 0 Å². The van der Waals surface area contributed by atoms with Crippen LogP contribution in [0, 0.1) is 0 Å². The number of rotatable bonds is 2. The first-order chi connectivity index (χ1) is 8.36. The second kappa shape index (κ2) is 4.56. The standard InChI is InChI=1S/C15H21BO2/c1-6-8-12-9-7-10-13(11-12)16-17-14(2,3)15(4,5)18-16/h6-11H,1-5H3/b8-6+. The fraction of sp³-hybridized carbons (Fsp3) is 0.467. The van der Waals surface area contributed by atoms with E-state index >= 15 is 0 Å². The van der Waals surface area contributed by atoms with E-state index in [1.807, 2.05) is 19.1 Å². The Balaban J connectivity index is 2.27. The lowest BCUT2D eigenvalue weighted by molar-refractivity contribution is 0.00578. The van der Waals surface area contributed by atoms with E-state index in [4.69, 9.17) is 9.31 Å². The number of allylic oxidation sites excluding steroid dienone is 1. The molecular formula is C15H21BO2. The Morgan fingerprint density at radius 3 is 2.22 bits per heavy atom. The van der Waals surface area contributed by atoms with Crippen molar-refractivity contribution >= 4 is 18.7 Å². The zero-order chi connectivity index (χ0) is 13.4. The maximum absolute atomic E-state index is 6.04. The van der Waals surface area contributed by atoms with Gasteiger partial charge >= 0.3 is 7.12 Å². The summed E-state index contributed by atoms with van der Waals surface area (Å²) in [4.78, 5) is 0. The molecule has 1 aliphatic heterocycles. The minimum atomic E-state index is -0.283. The number of benzene rings is 1. The van der Waals surface area contributed by atoms with Crippen molar-refractivity contribution in [3.63, 3.8) is 0 Å². The molecule has 0 atom stereocenters. The first kappa shape index (κ1) is 13.4. The van der Waals surface area contributed by atoms with Gasteiger partial charge in [0.15, 0.2) is 0 Å². The van der Waals surface area contributed by atoms with E-state index in [0.29, 0.717) is 0 Å². The SMILES string of the molecule is C/C=C/c1cccc(B2OC(C)(C)C(C)(C)O2)c1. The first-order valence-corrected chi connectivity index (χ1v) is 6.44. The Morgan fingerprint density at radius 2 is 1.67 bits per heavy atom. The van der Waals surface area contributed by atoms with E-state index in [-0.39, 0.29) is 18.3 Å². The number of hydrogen-bond acceptors (Lipinski definition) is 2. The van der Waals surface area contributed by atoms with Gasteiger partial charge in [-0.15, -0.1) is 0 Å². The molecule has 1 aromatic rings. The van der Waals surface area contributed by atoms with Crippen molar-refractivity contribution in [2.24, 2.45) is 0 Å². The van der Waals surface area contributed by atoms with E-state index < -0.39 is 0 Å². The summed E-state index contributed by atoms with van der Waals surface area (Å²) in [6, 6.07) is 8.28. The summed E-state index contributed by atoms with van der Waals surface area (Å²) in [6.45, 7) is 10.3. The molecule has 0 amide bonds. The predicted molar refractivity (Wildman–Crippen MR) is 76.9 cm³/mol. The normalized spacial score (nSPS) is 21.7. The zero-order valence-electron chi connectivity index (χ0n) is 11.9. The fourth-order valence-corrected chi connectivity index (χ4v) is 1.98. The smallest absolute Gasteiger partial charge is 0.399 e. The molecule has 1 aliphatic rings. The Hall–Kier alpha value is -1.06. The molecule has 1 saturated heterocycles. The molecule has 2 rings (SSSR count). The van der Waals surface area contributed by atoms with Crippen molar-refractivity contribution < 1.29 is 9.31 Å². The molecule has 0 unspecified atom stereocenters. The Bertz CT molecular complexity index is 447. The second-order valence-electron chi connectivity index (χ2n) is 5.76. The molecule has 0 aliphatic carbocycles. The zero-order valence-corrected chi connectivity index (χ0v) is 11.9. The lowest BCUT2D eigenvalue weighted by Gasteiger charge is -2.32. The minimum Gasteiger partial charge on any atom is -0.399 e. The maximum atomic E-state index is 6.04. The van der Waals surface area contributed by atoms with Gasteiger partial charge in [-0.25, -0.2) is 0 Å². The van der Waals surface area contributed by atoms with Crippen molar-refractivity contribution in [3.05, 3.63) is 35.9 Å². The van der Waals surface area contributed by atoms with E-state index in [9.17, 15) is 0 Å². The van der Waals surface area contributed by atoms with Crippen LogP contribution in [0.25, 0.3) is 6.08 Å². The molecule has 0 radical (unpaired) electrons. The fourth-order valence-electron chi connectivity index (χ4n) is 1.98. The summed E-state index contributed by atoms with van der Waals surface area (Å²) in [7, 11) is -0.278. The summed E-state index contributed by atoms with van der Waals surface area (Å²) < 4.78 is 12.1. The summed E-state index contributed by atoms with van der Waals surface area (Å²) in [5.74, 6) is 0. The average Bonchev–Trinajstić information content (AvgIpc) is 2.49. The summed E-state index contributed by atoms with van der Waals surface area (Å²) in [5.41, 5.74) is 1.68. The van der Waals surface area contributed by atoms with Gasteiger partial charge in [-0.2, -0.15) is 0 Å². The highest BCUT2D eigenvalue weighted by Gasteiger charge is 2.51. The Kier molecular flexibility index (Phi) is 3.39. The third kappa shape index (κ3) is 2.38. The monoisotopic (exact) mass is 244 g/mol. The van der Waals surface area contributed by atoms with Gasteiger partial charge in [-0.1, -0.05) is 36.4 Å². The van der Waals surface area contributed by atoms with Gasteiger partial charge in [-0.3, -0.25) is 0 Å². The molecular weight excluding hydrogens is 223 g/mol. The van der Waals surface area contributed by atoms with Gasteiger partial charge in [0, 0.05) is 0 Å². The second-order valence-corrected chi connectivity index (χ2v) is 5.76. The lowest BCUT2D eigenvalue weighted by Crippen LogP contribution is -2.41. The minimum absolute atomic E-state index is 0.278. The third-order valence-corrected chi connectivity index (χ3v) is 3.80. The van der Waals surface area contributed by atoms with Crippen molar-refractivity contribution in [2.45, 2.75) is 45.8 Å². The van der Waals surface area contributed by atoms with Gasteiger partial charge in [0.05, 0.1) is 11.2 Å². The van der Waals surface area contributed by atoms with Crippen molar-refractivity contribution in [3.8, 4) is 0 Å². The molecule has 1 aromatic carbocycles. The summed E-state index contributed by atoms with van der Waals surface area (Å²) >= 11 is 0. The van der Waals surface area contributed by atoms with Crippen LogP contribution in [0.1, 0.15) is 40.2 Å². The van der Waals surface area contributed by atoms with Crippen LogP contribution in [-0.4, -0.2) is 18.3 Å². The van der Waals surface area contributed by atoms with Gasteiger partial charge in [0.25, 0.3) is 0 Å². The van der Waals surface area contributed by atoms with Crippen molar-refractivity contribution in [1.29, 1.82) is 0 Å². The predicted octanol–water partition coefficient (Wildman–Crippen LogP) is 3.02. The molecule has 0 N–H and O–H groups in total. The molecule has 18 heavy (non-hydrogen) atoms. The van der Waals surface area contributed by atoms with Crippen LogP contribution in [-0.2, 0) is 9.31 Å². The number of hydrogen-bond donors (Lipinski definition) is 0. The molecule has 96 valence electrons. The van der Waals surface area contributed by atoms with Crippen LogP contribution in [0.5, 0.6) is 0 Å². The van der Waals surface area contributed by atoms with Crippen LogP contribution in [0.3, 0.4) is 0 Å². The van der Waals surface area contributed by atoms with Crippen LogP contribution in [0.2, 0.25) is 0 Å². The van der Waals surface area contributed by atoms with Crippen molar-refractivity contribution in [1.82, 2.24) is 0 Å². The molecule has 1 heterocycles.